The highest BCUT2D eigenvalue weighted by atomic mass is 16.6. The maximum Gasteiger partial charge on any atom is 0.338 e. The van der Waals surface area contributed by atoms with E-state index in [-0.39, 0.29) is 12.2 Å². The van der Waals surface area contributed by atoms with Crippen molar-refractivity contribution in [1.82, 2.24) is 0 Å². The highest BCUT2D eigenvalue weighted by Gasteiger charge is 2.08. The van der Waals surface area contributed by atoms with E-state index < -0.39 is 11.9 Å². The van der Waals surface area contributed by atoms with Gasteiger partial charge in [0.1, 0.15) is 6.61 Å². The molecule has 0 bridgehead atoms. The van der Waals surface area contributed by atoms with Crippen LogP contribution in [0.4, 0.5) is 0 Å². The zero-order valence-electron chi connectivity index (χ0n) is 10.2. The molecule has 0 amide bonds. The second-order valence-electron chi connectivity index (χ2n) is 3.63. The van der Waals surface area contributed by atoms with Gasteiger partial charge in [-0.05, 0) is 30.7 Å². The Morgan fingerprint density at radius 3 is 2.22 bits per heavy atom. The highest BCUT2D eigenvalue weighted by Crippen LogP contribution is 2.06. The average Bonchev–Trinajstić information content (AvgIpc) is 2.38. The lowest BCUT2D eigenvalue weighted by Crippen LogP contribution is -2.11. The van der Waals surface area contributed by atoms with Crippen molar-refractivity contribution in [2.45, 2.75) is 13.3 Å². The summed E-state index contributed by atoms with van der Waals surface area (Å²) in [7, 11) is 0. The molecular formula is C13H16O5. The molecular weight excluding hydrogens is 236 g/mol. The first-order chi connectivity index (χ1) is 8.65. The number of carbonyl (C=O) groups is 2. The molecule has 1 rings (SSSR count). The molecule has 1 N–H and O–H groups in total. The van der Waals surface area contributed by atoms with Gasteiger partial charge in [0.25, 0.3) is 0 Å². The third-order valence-electron chi connectivity index (χ3n) is 2.18. The monoisotopic (exact) mass is 252 g/mol. The molecule has 0 saturated heterocycles. The molecule has 0 radical (unpaired) electrons. The lowest BCUT2D eigenvalue weighted by Gasteiger charge is -2.05. The molecule has 1 aromatic carbocycles. The predicted octanol–water partition coefficient (Wildman–Crippen LogP) is 1.97. The Kier molecular flexibility index (Phi) is 5.87. The molecule has 0 spiro atoms. The number of rotatable bonds is 7. The Hall–Kier alpha value is -1.88. The first-order valence-corrected chi connectivity index (χ1v) is 5.73. The number of ether oxygens (including phenoxy) is 2. The third-order valence-corrected chi connectivity index (χ3v) is 2.18. The van der Waals surface area contributed by atoms with Crippen LogP contribution in [0.2, 0.25) is 0 Å². The summed E-state index contributed by atoms with van der Waals surface area (Å²) < 4.78 is 10.1. The number of esters is 1. The van der Waals surface area contributed by atoms with Crippen LogP contribution in [-0.2, 0) is 9.47 Å². The van der Waals surface area contributed by atoms with E-state index in [0.717, 1.165) is 6.42 Å². The van der Waals surface area contributed by atoms with Crippen molar-refractivity contribution in [1.29, 1.82) is 0 Å². The van der Waals surface area contributed by atoms with Crippen molar-refractivity contribution in [3.63, 3.8) is 0 Å². The standard InChI is InChI=1S/C13H16O5/c1-2-7-17-8-9-18-13(16)11-5-3-10(4-6-11)12(14)15/h3-6H,2,7-9H2,1H3,(H,14,15). The second kappa shape index (κ2) is 7.45. The number of aromatic carboxylic acids is 1. The Labute approximate surface area is 105 Å². The normalized spacial score (nSPS) is 10.1. The van der Waals surface area contributed by atoms with E-state index >= 15 is 0 Å². The number of hydrogen-bond donors (Lipinski definition) is 1. The van der Waals surface area contributed by atoms with Gasteiger partial charge in [-0.2, -0.15) is 0 Å². The Morgan fingerprint density at radius 1 is 1.06 bits per heavy atom. The van der Waals surface area contributed by atoms with Gasteiger partial charge >= 0.3 is 11.9 Å². The molecule has 5 nitrogen and oxygen atoms in total. The lowest BCUT2D eigenvalue weighted by atomic mass is 10.1. The van der Waals surface area contributed by atoms with Crippen LogP contribution in [0.1, 0.15) is 34.1 Å². The first-order valence-electron chi connectivity index (χ1n) is 5.73. The minimum atomic E-state index is -1.03. The molecule has 0 atom stereocenters. The number of carboxylic acids is 1. The van der Waals surface area contributed by atoms with Crippen molar-refractivity contribution in [3.05, 3.63) is 35.4 Å². The fourth-order valence-corrected chi connectivity index (χ4v) is 1.27. The number of carbonyl (C=O) groups excluding carboxylic acids is 1. The summed E-state index contributed by atoms with van der Waals surface area (Å²) in [5.41, 5.74) is 0.466. The summed E-state index contributed by atoms with van der Waals surface area (Å²) in [5.74, 6) is -1.50. The van der Waals surface area contributed by atoms with E-state index in [9.17, 15) is 9.59 Å². The van der Waals surface area contributed by atoms with Crippen molar-refractivity contribution in [2.24, 2.45) is 0 Å². The van der Waals surface area contributed by atoms with Crippen molar-refractivity contribution in [2.75, 3.05) is 19.8 Å². The highest BCUT2D eigenvalue weighted by molar-refractivity contribution is 5.92. The summed E-state index contributed by atoms with van der Waals surface area (Å²) >= 11 is 0. The zero-order chi connectivity index (χ0) is 13.4. The Bertz CT molecular complexity index is 396. The molecule has 0 aromatic heterocycles. The van der Waals surface area contributed by atoms with Gasteiger partial charge in [-0.15, -0.1) is 0 Å². The van der Waals surface area contributed by atoms with Gasteiger partial charge in [0, 0.05) is 6.61 Å². The number of hydrogen-bond acceptors (Lipinski definition) is 4. The fraction of sp³-hybridized carbons (Fsp3) is 0.385. The van der Waals surface area contributed by atoms with Crippen molar-refractivity contribution in [3.8, 4) is 0 Å². The Morgan fingerprint density at radius 2 is 1.67 bits per heavy atom. The number of benzene rings is 1. The molecule has 0 aliphatic heterocycles. The smallest absolute Gasteiger partial charge is 0.338 e. The largest absolute Gasteiger partial charge is 0.478 e. The van der Waals surface area contributed by atoms with Crippen LogP contribution >= 0.6 is 0 Å². The van der Waals surface area contributed by atoms with Gasteiger partial charge in [0.2, 0.25) is 0 Å². The number of carboxylic acid groups (broad SMARTS) is 1. The molecule has 18 heavy (non-hydrogen) atoms. The van der Waals surface area contributed by atoms with Crippen LogP contribution < -0.4 is 0 Å². The van der Waals surface area contributed by atoms with E-state index in [1.807, 2.05) is 6.92 Å². The summed E-state index contributed by atoms with van der Waals surface area (Å²) in [6.45, 7) is 3.20. The van der Waals surface area contributed by atoms with Gasteiger partial charge in [0.15, 0.2) is 0 Å². The van der Waals surface area contributed by atoms with Crippen LogP contribution in [-0.4, -0.2) is 36.9 Å². The molecule has 0 unspecified atom stereocenters. The lowest BCUT2D eigenvalue weighted by molar-refractivity contribution is 0.0318. The molecule has 5 heteroatoms. The van der Waals surface area contributed by atoms with E-state index in [4.69, 9.17) is 14.6 Å². The zero-order valence-corrected chi connectivity index (χ0v) is 10.2. The predicted molar refractivity (Wildman–Crippen MR) is 64.8 cm³/mol. The van der Waals surface area contributed by atoms with E-state index in [2.05, 4.69) is 0 Å². The van der Waals surface area contributed by atoms with Gasteiger partial charge < -0.3 is 14.6 Å². The summed E-state index contributed by atoms with van der Waals surface area (Å²) in [6, 6.07) is 5.59. The van der Waals surface area contributed by atoms with Gasteiger partial charge in [0.05, 0.1) is 17.7 Å². The van der Waals surface area contributed by atoms with Gasteiger partial charge in [-0.3, -0.25) is 0 Å². The third kappa shape index (κ3) is 4.55. The summed E-state index contributed by atoms with van der Waals surface area (Å²) in [6.07, 6.45) is 0.921. The molecule has 0 aliphatic carbocycles. The quantitative estimate of drug-likeness (QED) is 0.593. The maximum absolute atomic E-state index is 11.5. The summed E-state index contributed by atoms with van der Waals surface area (Å²) in [5, 5.41) is 8.71. The van der Waals surface area contributed by atoms with Crippen LogP contribution in [0, 0.1) is 0 Å². The van der Waals surface area contributed by atoms with Crippen molar-refractivity contribution < 1.29 is 24.2 Å². The SMILES string of the molecule is CCCOCCOC(=O)c1ccc(C(=O)O)cc1. The maximum atomic E-state index is 11.5. The molecule has 0 fully saturated rings. The second-order valence-corrected chi connectivity index (χ2v) is 3.63. The minimum Gasteiger partial charge on any atom is -0.478 e. The van der Waals surface area contributed by atoms with Crippen LogP contribution in [0.15, 0.2) is 24.3 Å². The van der Waals surface area contributed by atoms with Crippen LogP contribution in [0.5, 0.6) is 0 Å². The van der Waals surface area contributed by atoms with Gasteiger partial charge in [-0.25, -0.2) is 9.59 Å². The van der Waals surface area contributed by atoms with E-state index in [1.54, 1.807) is 0 Å². The topological polar surface area (TPSA) is 72.8 Å². The van der Waals surface area contributed by atoms with Crippen molar-refractivity contribution >= 4 is 11.9 Å². The fourth-order valence-electron chi connectivity index (χ4n) is 1.27. The Balaban J connectivity index is 2.39. The first kappa shape index (κ1) is 14.2. The molecule has 1 aromatic rings. The molecule has 0 aliphatic rings. The van der Waals surface area contributed by atoms with Gasteiger partial charge in [-0.1, -0.05) is 6.92 Å². The van der Waals surface area contributed by atoms with Crippen LogP contribution in [0.25, 0.3) is 0 Å². The molecule has 0 heterocycles. The van der Waals surface area contributed by atoms with Crippen LogP contribution in [0.3, 0.4) is 0 Å². The molecule has 0 saturated carbocycles. The molecule has 98 valence electrons. The van der Waals surface area contributed by atoms with E-state index in [0.29, 0.717) is 18.8 Å². The average molecular weight is 252 g/mol. The summed E-state index contributed by atoms with van der Waals surface area (Å²) in [4.78, 5) is 22.2. The minimum absolute atomic E-state index is 0.137. The van der Waals surface area contributed by atoms with E-state index in [1.165, 1.54) is 24.3 Å².